The van der Waals surface area contributed by atoms with Crippen LogP contribution in [-0.2, 0) is 6.42 Å². The molecule has 2 aromatic heterocycles. The third kappa shape index (κ3) is 7.46. The molecule has 6 aromatic rings. The number of hydrogen-bond acceptors (Lipinski definition) is 8. The number of fused-ring (bicyclic) bond motifs is 4. The van der Waals surface area contributed by atoms with E-state index in [1.54, 1.807) is 11.3 Å². The van der Waals surface area contributed by atoms with Gasteiger partial charge in [-0.1, -0.05) is 60.7 Å². The van der Waals surface area contributed by atoms with Crippen LogP contribution in [0.4, 0.5) is 15.8 Å². The molecule has 5 aliphatic rings. The Labute approximate surface area is 375 Å². The summed E-state index contributed by atoms with van der Waals surface area (Å²) >= 11 is 1.80. The molecule has 1 aliphatic carbocycles. The molecule has 0 bridgehead atoms. The Morgan fingerprint density at radius 1 is 0.794 bits per heavy atom. The predicted molar refractivity (Wildman–Crippen MR) is 253 cm³/mol. The molecule has 0 saturated carbocycles. The van der Waals surface area contributed by atoms with Crippen LogP contribution in [0.1, 0.15) is 106 Å². The van der Waals surface area contributed by atoms with Gasteiger partial charge < -0.3 is 19.8 Å². The Morgan fingerprint density at radius 3 is 2.19 bits per heavy atom. The zero-order valence-electron chi connectivity index (χ0n) is 37.0. The molecule has 8 nitrogen and oxygen atoms in total. The first-order valence-corrected chi connectivity index (χ1v) is 24.0. The standard InChI is InChI=1S/C53H58FN7OS/c1-33-35(3)63-52-48(33)50(55-34(2)51-57-56-36(4)61(51)52)41-12-17-44(18-13-41)60-31-38(32-60)28-58-24-22-53(54,23-25-58)27-37-29-59(30-37)43-15-10-40(11-16-43)49-46(39-8-6-5-7-9-39)20-14-42-26-45(62)19-21-47(42)49/h5-13,15-19,21,26,34,37-38,46,49,62H,14,20,22-25,27-32H2,1-4H3/t34-,46+,49-/m0/s1. The molecule has 3 fully saturated rings. The lowest BCUT2D eigenvalue weighted by atomic mass is 9.69. The Balaban J connectivity index is 0.658. The van der Waals surface area contributed by atoms with Crippen molar-refractivity contribution in [1.82, 2.24) is 19.7 Å². The Bertz CT molecular complexity index is 2650. The number of benzene rings is 4. The van der Waals surface area contributed by atoms with Crippen LogP contribution in [0.15, 0.2) is 102 Å². The second-order valence-corrected chi connectivity index (χ2v) is 20.5. The van der Waals surface area contributed by atoms with Crippen LogP contribution in [0.25, 0.3) is 5.00 Å². The van der Waals surface area contributed by atoms with E-state index in [0.717, 1.165) is 81.6 Å². The molecule has 4 aliphatic heterocycles. The number of rotatable bonds is 9. The minimum atomic E-state index is -1.06. The van der Waals surface area contributed by atoms with Gasteiger partial charge >= 0.3 is 0 Å². The average Bonchev–Trinajstić information content (AvgIpc) is 3.76. The largest absolute Gasteiger partial charge is 0.508 e. The highest BCUT2D eigenvalue weighted by Gasteiger charge is 2.42. The maximum absolute atomic E-state index is 16.3. The van der Waals surface area contributed by atoms with E-state index in [4.69, 9.17) is 4.99 Å². The number of thiophene rings is 1. The smallest absolute Gasteiger partial charge is 0.162 e. The lowest BCUT2D eigenvalue weighted by Gasteiger charge is -2.47. The van der Waals surface area contributed by atoms with Crippen molar-refractivity contribution in [3.8, 4) is 10.8 Å². The van der Waals surface area contributed by atoms with Crippen molar-refractivity contribution in [3.05, 3.63) is 153 Å². The van der Waals surface area contributed by atoms with Gasteiger partial charge in [0, 0.05) is 85.0 Å². The van der Waals surface area contributed by atoms with Crippen LogP contribution in [0.5, 0.6) is 5.75 Å². The SMILES string of the molecule is Cc1sc2c(c1C)C(c1ccc(N3CC(CN4CCC(F)(CC5CN(c6ccc([C@@H]7c8ccc(O)cc8CC[C@@H]7c7ccccc7)cc6)C5)CC4)C3)cc1)=N[C@@H](C)c1nnc(C)n1-2. The van der Waals surface area contributed by atoms with Crippen LogP contribution in [0.3, 0.4) is 0 Å². The third-order valence-electron chi connectivity index (χ3n) is 15.1. The summed E-state index contributed by atoms with van der Waals surface area (Å²) in [4.78, 5) is 13.9. The maximum atomic E-state index is 16.3. The number of likely N-dealkylation sites (tertiary alicyclic amines) is 1. The van der Waals surface area contributed by atoms with Crippen molar-refractivity contribution in [1.29, 1.82) is 0 Å². The van der Waals surface area contributed by atoms with Gasteiger partial charge in [-0.25, -0.2) is 4.39 Å². The van der Waals surface area contributed by atoms with Crippen LogP contribution in [0.2, 0.25) is 0 Å². The summed E-state index contributed by atoms with van der Waals surface area (Å²) in [6.45, 7) is 15.2. The third-order valence-corrected chi connectivity index (χ3v) is 16.3. The van der Waals surface area contributed by atoms with Crippen LogP contribution in [0, 0.1) is 32.6 Å². The molecule has 0 amide bonds. The first-order chi connectivity index (χ1) is 30.6. The molecule has 63 heavy (non-hydrogen) atoms. The summed E-state index contributed by atoms with van der Waals surface area (Å²) in [6.07, 6.45) is 3.99. The fraction of sp³-hybridized carbons (Fsp3) is 0.415. The van der Waals surface area contributed by atoms with E-state index in [9.17, 15) is 5.11 Å². The molecule has 324 valence electrons. The van der Waals surface area contributed by atoms with Crippen molar-refractivity contribution in [3.63, 3.8) is 0 Å². The van der Waals surface area contributed by atoms with Gasteiger partial charge in [-0.05, 0) is 136 Å². The molecular weight excluding hydrogens is 802 g/mol. The van der Waals surface area contributed by atoms with Crippen molar-refractivity contribution in [2.24, 2.45) is 16.8 Å². The summed E-state index contributed by atoms with van der Waals surface area (Å²) in [7, 11) is 0. The van der Waals surface area contributed by atoms with Gasteiger partial charge in [-0.15, -0.1) is 21.5 Å². The number of aromatic nitrogens is 3. The quantitative estimate of drug-likeness (QED) is 0.156. The number of phenolic OH excluding ortho intramolecular Hbond substituents is 1. The monoisotopic (exact) mass is 859 g/mol. The normalized spacial score (nSPS) is 22.4. The number of aliphatic imine (C=N–C) groups is 1. The summed E-state index contributed by atoms with van der Waals surface area (Å²) in [5.74, 6) is 3.78. The summed E-state index contributed by atoms with van der Waals surface area (Å²) < 4.78 is 18.5. The van der Waals surface area contributed by atoms with Gasteiger partial charge in [0.1, 0.15) is 28.3 Å². The Hall–Kier alpha value is -5.32. The van der Waals surface area contributed by atoms with Crippen LogP contribution < -0.4 is 9.80 Å². The number of phenols is 1. The van der Waals surface area contributed by atoms with Crippen molar-refractivity contribution in [2.75, 3.05) is 55.6 Å². The van der Waals surface area contributed by atoms with E-state index in [-0.39, 0.29) is 12.0 Å². The van der Waals surface area contributed by atoms with Gasteiger partial charge in [-0.2, -0.15) is 0 Å². The lowest BCUT2D eigenvalue weighted by molar-refractivity contribution is 0.0261. The number of alkyl halides is 1. The van der Waals surface area contributed by atoms with E-state index in [0.29, 0.717) is 42.8 Å². The second kappa shape index (κ2) is 16.0. The molecular formula is C53H58FN7OS. The molecule has 6 heterocycles. The molecule has 1 N–H and O–H groups in total. The highest BCUT2D eigenvalue weighted by molar-refractivity contribution is 7.15. The van der Waals surface area contributed by atoms with E-state index in [2.05, 4.69) is 135 Å². The molecule has 0 spiro atoms. The fourth-order valence-electron chi connectivity index (χ4n) is 11.5. The molecule has 3 atom stereocenters. The van der Waals surface area contributed by atoms with Crippen LogP contribution in [-0.4, -0.2) is 82.0 Å². The van der Waals surface area contributed by atoms with Gasteiger partial charge in [0.2, 0.25) is 0 Å². The minimum Gasteiger partial charge on any atom is -0.508 e. The number of nitrogens with zero attached hydrogens (tertiary/aromatic N) is 7. The van der Waals surface area contributed by atoms with Crippen molar-refractivity contribution in [2.45, 2.75) is 83.3 Å². The minimum absolute atomic E-state index is 0.0914. The van der Waals surface area contributed by atoms with Gasteiger partial charge in [0.05, 0.1) is 5.71 Å². The molecule has 10 heteroatoms. The topological polar surface area (TPSA) is 73.0 Å². The van der Waals surface area contributed by atoms with Crippen molar-refractivity contribution >= 4 is 28.4 Å². The highest BCUT2D eigenvalue weighted by Crippen LogP contribution is 2.48. The van der Waals surface area contributed by atoms with E-state index in [1.807, 2.05) is 19.1 Å². The first-order valence-electron chi connectivity index (χ1n) is 23.2. The zero-order valence-corrected chi connectivity index (χ0v) is 37.8. The number of halogens is 1. The maximum Gasteiger partial charge on any atom is 0.162 e. The molecule has 0 unspecified atom stereocenters. The number of hydrogen-bond donors (Lipinski definition) is 1. The number of piperidine rings is 1. The summed E-state index contributed by atoms with van der Waals surface area (Å²) in [5, 5.41) is 20.3. The first kappa shape index (κ1) is 40.5. The van der Waals surface area contributed by atoms with Gasteiger partial charge in [0.15, 0.2) is 5.82 Å². The van der Waals surface area contributed by atoms with E-state index < -0.39 is 5.67 Å². The zero-order chi connectivity index (χ0) is 43.0. The van der Waals surface area contributed by atoms with E-state index >= 15 is 4.39 Å². The highest BCUT2D eigenvalue weighted by atomic mass is 32.1. The Kier molecular flexibility index (Phi) is 10.3. The van der Waals surface area contributed by atoms with Gasteiger partial charge in [0.25, 0.3) is 0 Å². The van der Waals surface area contributed by atoms with Gasteiger partial charge in [-0.3, -0.25) is 9.56 Å². The summed E-state index contributed by atoms with van der Waals surface area (Å²) in [6, 6.07) is 34.8. The predicted octanol–water partition coefficient (Wildman–Crippen LogP) is 10.5. The Morgan fingerprint density at radius 2 is 1.48 bits per heavy atom. The molecule has 4 aromatic carbocycles. The molecule has 3 saturated heterocycles. The van der Waals surface area contributed by atoms with Crippen LogP contribution >= 0.6 is 11.3 Å². The lowest BCUT2D eigenvalue weighted by Crippen LogP contribution is -2.54. The summed E-state index contributed by atoms with van der Waals surface area (Å²) in [5.41, 5.74) is 11.3. The number of aryl methyl sites for hydroxylation is 3. The molecule has 0 radical (unpaired) electrons. The fourth-order valence-corrected chi connectivity index (χ4v) is 12.7. The number of anilines is 2. The van der Waals surface area contributed by atoms with E-state index in [1.165, 1.54) is 54.6 Å². The molecule has 11 rings (SSSR count). The number of aromatic hydroxyl groups is 1. The second-order valence-electron chi connectivity index (χ2n) is 19.3. The average molecular weight is 860 g/mol. The van der Waals surface area contributed by atoms with Crippen molar-refractivity contribution < 1.29 is 9.50 Å².